The van der Waals surface area contributed by atoms with Gasteiger partial charge in [-0.25, -0.2) is 4.98 Å². The van der Waals surface area contributed by atoms with Crippen molar-refractivity contribution in [2.75, 3.05) is 0 Å². The van der Waals surface area contributed by atoms with Gasteiger partial charge in [0.15, 0.2) is 0 Å². The number of rotatable bonds is 3. The summed E-state index contributed by atoms with van der Waals surface area (Å²) in [5.74, 6) is -0.268. The summed E-state index contributed by atoms with van der Waals surface area (Å²) in [5, 5.41) is 13.4. The molecule has 1 aromatic heterocycles. The Labute approximate surface area is 126 Å². The average molecular weight is 311 g/mol. The second-order valence-electron chi connectivity index (χ2n) is 4.54. The van der Waals surface area contributed by atoms with Crippen molar-refractivity contribution in [1.29, 1.82) is 0 Å². The number of aromatic hydroxyl groups is 1. The van der Waals surface area contributed by atoms with Gasteiger partial charge < -0.3 is 10.4 Å². The maximum atomic E-state index is 12.1. The molecule has 2 rings (SSSR count). The molecule has 0 aliphatic rings. The monoisotopic (exact) mass is 310 g/mol. The molecule has 2 N–H and O–H groups in total. The summed E-state index contributed by atoms with van der Waals surface area (Å²) in [5.41, 5.74) is 1.35. The molecule has 0 bridgehead atoms. The molecule has 0 aliphatic carbocycles. The van der Waals surface area contributed by atoms with Gasteiger partial charge in [0.25, 0.3) is 5.91 Å². The zero-order valence-electron chi connectivity index (χ0n) is 11.4. The highest BCUT2D eigenvalue weighted by Gasteiger charge is 2.16. The number of benzene rings is 1. The van der Waals surface area contributed by atoms with E-state index in [1.807, 2.05) is 20.8 Å². The van der Waals surface area contributed by atoms with Crippen LogP contribution >= 0.6 is 22.9 Å². The van der Waals surface area contributed by atoms with E-state index in [1.165, 1.54) is 18.2 Å². The van der Waals surface area contributed by atoms with Crippen molar-refractivity contribution in [3.05, 3.63) is 44.4 Å². The molecule has 1 heterocycles. The van der Waals surface area contributed by atoms with Crippen molar-refractivity contribution in [3.63, 3.8) is 0 Å². The standard InChI is InChI=1S/C14H15ClN2O2S/c1-7-13(20-9(3)16-7)8(2)17-14(19)10-4-5-12(18)11(15)6-10/h4-6,8,18H,1-3H3,(H,17,19). The molecular weight excluding hydrogens is 296 g/mol. The molecular formula is C14H15ClN2O2S. The van der Waals surface area contributed by atoms with Gasteiger partial charge in [-0.1, -0.05) is 11.6 Å². The number of aryl methyl sites for hydroxylation is 2. The van der Waals surface area contributed by atoms with Crippen molar-refractivity contribution >= 4 is 28.8 Å². The van der Waals surface area contributed by atoms with Crippen molar-refractivity contribution in [2.45, 2.75) is 26.8 Å². The minimum absolute atomic E-state index is 0.0369. The number of carbonyl (C=O) groups is 1. The van der Waals surface area contributed by atoms with Crippen molar-refractivity contribution in [2.24, 2.45) is 0 Å². The van der Waals surface area contributed by atoms with E-state index in [-0.39, 0.29) is 22.7 Å². The number of thiazole rings is 1. The summed E-state index contributed by atoms with van der Waals surface area (Å²) >= 11 is 7.38. The Bertz CT molecular complexity index is 655. The smallest absolute Gasteiger partial charge is 0.251 e. The van der Waals surface area contributed by atoms with Crippen LogP contribution in [0.1, 0.15) is 38.9 Å². The lowest BCUT2D eigenvalue weighted by molar-refractivity contribution is 0.0940. The first-order chi connectivity index (χ1) is 9.38. The van der Waals surface area contributed by atoms with Gasteiger partial charge in [0, 0.05) is 10.4 Å². The van der Waals surface area contributed by atoms with Gasteiger partial charge in [-0.2, -0.15) is 0 Å². The largest absolute Gasteiger partial charge is 0.506 e. The van der Waals surface area contributed by atoms with Crippen LogP contribution in [0.15, 0.2) is 18.2 Å². The first-order valence-corrected chi connectivity index (χ1v) is 7.31. The summed E-state index contributed by atoms with van der Waals surface area (Å²) in [4.78, 5) is 17.5. The normalized spacial score (nSPS) is 12.2. The predicted molar refractivity (Wildman–Crippen MR) is 80.6 cm³/mol. The minimum Gasteiger partial charge on any atom is -0.506 e. The number of nitrogens with one attached hydrogen (secondary N) is 1. The predicted octanol–water partition coefficient (Wildman–Crippen LogP) is 3.61. The van der Waals surface area contributed by atoms with Crippen LogP contribution in [0.25, 0.3) is 0 Å². The molecule has 1 aromatic carbocycles. The molecule has 6 heteroatoms. The van der Waals surface area contributed by atoms with Crippen LogP contribution in [0.4, 0.5) is 0 Å². The van der Waals surface area contributed by atoms with Crippen molar-refractivity contribution in [1.82, 2.24) is 10.3 Å². The highest BCUT2D eigenvalue weighted by molar-refractivity contribution is 7.11. The fourth-order valence-electron chi connectivity index (χ4n) is 1.94. The third kappa shape index (κ3) is 3.11. The summed E-state index contributed by atoms with van der Waals surface area (Å²) in [6.07, 6.45) is 0. The molecule has 0 saturated heterocycles. The molecule has 1 unspecified atom stereocenters. The van der Waals surface area contributed by atoms with Crippen LogP contribution in [-0.2, 0) is 0 Å². The second-order valence-corrected chi connectivity index (χ2v) is 6.19. The number of hydrogen-bond donors (Lipinski definition) is 2. The Morgan fingerprint density at radius 1 is 1.45 bits per heavy atom. The molecule has 1 atom stereocenters. The second kappa shape index (κ2) is 5.81. The Morgan fingerprint density at radius 3 is 2.70 bits per heavy atom. The van der Waals surface area contributed by atoms with Crippen LogP contribution in [0.3, 0.4) is 0 Å². The Balaban J connectivity index is 2.15. The molecule has 2 aromatic rings. The third-order valence-electron chi connectivity index (χ3n) is 2.89. The number of nitrogens with zero attached hydrogens (tertiary/aromatic N) is 1. The lowest BCUT2D eigenvalue weighted by Crippen LogP contribution is -2.26. The van der Waals surface area contributed by atoms with Crippen LogP contribution in [-0.4, -0.2) is 16.0 Å². The van der Waals surface area contributed by atoms with Gasteiger partial charge in [0.05, 0.1) is 21.8 Å². The minimum atomic E-state index is -0.232. The van der Waals surface area contributed by atoms with Gasteiger partial charge in [0.1, 0.15) is 5.75 Å². The Morgan fingerprint density at radius 2 is 2.15 bits per heavy atom. The SMILES string of the molecule is Cc1nc(C)c(C(C)NC(=O)c2ccc(O)c(Cl)c2)s1. The van der Waals surface area contributed by atoms with Gasteiger partial charge in [-0.05, 0) is 39.0 Å². The van der Waals surface area contributed by atoms with E-state index < -0.39 is 0 Å². The zero-order chi connectivity index (χ0) is 14.9. The number of aromatic nitrogens is 1. The van der Waals surface area contributed by atoms with Crippen LogP contribution < -0.4 is 5.32 Å². The maximum Gasteiger partial charge on any atom is 0.251 e. The molecule has 106 valence electrons. The number of hydrogen-bond acceptors (Lipinski definition) is 4. The Hall–Kier alpha value is -1.59. The number of carbonyl (C=O) groups excluding carboxylic acids is 1. The van der Waals surface area contributed by atoms with Crippen LogP contribution in [0.5, 0.6) is 5.75 Å². The van der Waals surface area contributed by atoms with Crippen LogP contribution in [0.2, 0.25) is 5.02 Å². The topological polar surface area (TPSA) is 62.2 Å². The van der Waals surface area contributed by atoms with E-state index in [1.54, 1.807) is 11.3 Å². The molecule has 0 fully saturated rings. The van der Waals surface area contributed by atoms with E-state index in [0.717, 1.165) is 15.6 Å². The molecule has 1 amide bonds. The Kier molecular flexibility index (Phi) is 4.30. The summed E-state index contributed by atoms with van der Waals surface area (Å²) in [7, 11) is 0. The molecule has 0 aliphatic heterocycles. The summed E-state index contributed by atoms with van der Waals surface area (Å²) < 4.78 is 0. The molecule has 4 nitrogen and oxygen atoms in total. The van der Waals surface area contributed by atoms with E-state index in [4.69, 9.17) is 11.6 Å². The number of phenols is 1. The van der Waals surface area contributed by atoms with E-state index in [0.29, 0.717) is 5.56 Å². The van der Waals surface area contributed by atoms with Gasteiger partial charge in [0.2, 0.25) is 0 Å². The summed E-state index contributed by atoms with van der Waals surface area (Å²) in [6.45, 7) is 5.79. The molecule has 0 saturated carbocycles. The first kappa shape index (κ1) is 14.8. The average Bonchev–Trinajstić information content (AvgIpc) is 2.71. The number of amides is 1. The van der Waals surface area contributed by atoms with Crippen LogP contribution in [0, 0.1) is 13.8 Å². The quantitative estimate of drug-likeness (QED) is 0.910. The molecule has 0 radical (unpaired) electrons. The molecule has 20 heavy (non-hydrogen) atoms. The van der Waals surface area contributed by atoms with Gasteiger partial charge in [-0.3, -0.25) is 4.79 Å². The van der Waals surface area contributed by atoms with E-state index >= 15 is 0 Å². The summed E-state index contributed by atoms with van der Waals surface area (Å²) in [6, 6.07) is 4.27. The third-order valence-corrected chi connectivity index (χ3v) is 4.45. The van der Waals surface area contributed by atoms with Crippen molar-refractivity contribution in [3.8, 4) is 5.75 Å². The van der Waals surface area contributed by atoms with E-state index in [9.17, 15) is 9.90 Å². The number of halogens is 1. The zero-order valence-corrected chi connectivity index (χ0v) is 13.0. The lowest BCUT2D eigenvalue weighted by Gasteiger charge is -2.13. The fraction of sp³-hybridized carbons (Fsp3) is 0.286. The first-order valence-electron chi connectivity index (χ1n) is 6.11. The van der Waals surface area contributed by atoms with Gasteiger partial charge in [-0.15, -0.1) is 11.3 Å². The molecule has 0 spiro atoms. The fourth-order valence-corrected chi connectivity index (χ4v) is 3.05. The van der Waals surface area contributed by atoms with Crippen molar-refractivity contribution < 1.29 is 9.90 Å². The van der Waals surface area contributed by atoms with Gasteiger partial charge >= 0.3 is 0 Å². The lowest BCUT2D eigenvalue weighted by atomic mass is 10.1. The maximum absolute atomic E-state index is 12.1. The number of phenolic OH excluding ortho intramolecular Hbond substituents is 1. The van der Waals surface area contributed by atoms with E-state index in [2.05, 4.69) is 10.3 Å². The highest BCUT2D eigenvalue weighted by Crippen LogP contribution is 2.26. The highest BCUT2D eigenvalue weighted by atomic mass is 35.5.